The molecule has 0 aromatic carbocycles. The Morgan fingerprint density at radius 1 is 1.40 bits per heavy atom. The fraction of sp³-hybridized carbons (Fsp3) is 0.538. The molecule has 0 fully saturated rings. The van der Waals surface area contributed by atoms with Gasteiger partial charge in [-0.15, -0.1) is 22.9 Å². The maximum Gasteiger partial charge on any atom is 0.0518 e. The molecule has 0 N–H and O–H groups in total. The summed E-state index contributed by atoms with van der Waals surface area (Å²) in [6.07, 6.45) is 8.18. The molecule has 0 bridgehead atoms. The van der Waals surface area contributed by atoms with Gasteiger partial charge in [0.25, 0.3) is 0 Å². The molecule has 2 heteroatoms. The van der Waals surface area contributed by atoms with Crippen LogP contribution < -0.4 is 0 Å². The molecule has 1 aromatic rings. The Morgan fingerprint density at radius 3 is 2.87 bits per heavy atom. The van der Waals surface area contributed by atoms with E-state index in [4.69, 9.17) is 11.6 Å². The molecule has 0 nitrogen and oxygen atoms in total. The topological polar surface area (TPSA) is 0 Å². The largest absolute Gasteiger partial charge is 0.145 e. The number of allylic oxidation sites excluding steroid dienone is 2. The van der Waals surface area contributed by atoms with Crippen molar-refractivity contribution in [2.45, 2.75) is 44.4 Å². The molecule has 15 heavy (non-hydrogen) atoms. The van der Waals surface area contributed by atoms with E-state index in [9.17, 15) is 0 Å². The molecule has 0 radical (unpaired) electrons. The van der Waals surface area contributed by atoms with Crippen molar-refractivity contribution < 1.29 is 0 Å². The van der Waals surface area contributed by atoms with Gasteiger partial charge in [-0.1, -0.05) is 18.6 Å². The highest BCUT2D eigenvalue weighted by Gasteiger charge is 2.11. The fourth-order valence-corrected chi connectivity index (χ4v) is 3.37. The molecule has 2 rings (SSSR count). The van der Waals surface area contributed by atoms with E-state index in [0.717, 1.165) is 19.3 Å². The van der Waals surface area contributed by atoms with Gasteiger partial charge in [-0.25, -0.2) is 0 Å². The molecular weight excluding hydrogens is 224 g/mol. The van der Waals surface area contributed by atoms with Gasteiger partial charge in [0.1, 0.15) is 0 Å². The molecule has 0 spiro atoms. The molecule has 1 aliphatic rings. The summed E-state index contributed by atoms with van der Waals surface area (Å²) in [4.78, 5) is 2.98. The van der Waals surface area contributed by atoms with Crippen LogP contribution in [0.15, 0.2) is 23.8 Å². The Balaban J connectivity index is 2.01. The van der Waals surface area contributed by atoms with E-state index >= 15 is 0 Å². The Bertz CT molecular complexity index is 351. The highest BCUT2D eigenvalue weighted by Crippen LogP contribution is 2.27. The molecule has 0 saturated carbocycles. The third-order valence-electron chi connectivity index (χ3n) is 2.86. The second-order valence-electron chi connectivity index (χ2n) is 4.13. The number of alkyl halides is 1. The van der Waals surface area contributed by atoms with E-state index in [1.807, 2.05) is 11.3 Å². The normalized spacial score (nSPS) is 21.5. The van der Waals surface area contributed by atoms with Crippen molar-refractivity contribution in [3.8, 4) is 0 Å². The summed E-state index contributed by atoms with van der Waals surface area (Å²) in [6.45, 7) is 2.21. The van der Waals surface area contributed by atoms with Crippen molar-refractivity contribution in [3.05, 3.63) is 33.5 Å². The second kappa shape index (κ2) is 5.18. The van der Waals surface area contributed by atoms with E-state index in [1.54, 1.807) is 0 Å². The summed E-state index contributed by atoms with van der Waals surface area (Å²) in [6, 6.07) is 4.52. The standard InChI is InChI=1S/C13H17ClS/c1-2-12-6-7-13(15-12)9-10-4-3-5-11(14)8-10/h6-8,11H,2-5,9H2,1H3. The van der Waals surface area contributed by atoms with Crippen LogP contribution in [0.1, 0.15) is 35.9 Å². The number of rotatable bonds is 3. The van der Waals surface area contributed by atoms with Crippen LogP contribution in [0.4, 0.5) is 0 Å². The van der Waals surface area contributed by atoms with Crippen LogP contribution in [0.25, 0.3) is 0 Å². The van der Waals surface area contributed by atoms with Crippen molar-refractivity contribution in [1.29, 1.82) is 0 Å². The molecule has 1 aromatic heterocycles. The van der Waals surface area contributed by atoms with Gasteiger partial charge in [-0.3, -0.25) is 0 Å². The maximum atomic E-state index is 6.14. The predicted octanol–water partition coefficient (Wildman–Crippen LogP) is 4.57. The van der Waals surface area contributed by atoms with Gasteiger partial charge in [0.15, 0.2) is 0 Å². The van der Waals surface area contributed by atoms with Gasteiger partial charge in [-0.05, 0) is 37.8 Å². The molecule has 0 aliphatic heterocycles. The number of aryl methyl sites for hydroxylation is 1. The monoisotopic (exact) mass is 240 g/mol. The molecule has 0 amide bonds. The highest BCUT2D eigenvalue weighted by atomic mass is 35.5. The average Bonchev–Trinajstić information content (AvgIpc) is 2.65. The SMILES string of the molecule is CCc1ccc(CC2=CC(Cl)CCC2)s1. The van der Waals surface area contributed by atoms with Crippen molar-refractivity contribution in [2.24, 2.45) is 0 Å². The summed E-state index contributed by atoms with van der Waals surface area (Å²) >= 11 is 8.08. The first-order valence-corrected chi connectivity index (χ1v) is 6.94. The molecule has 1 unspecified atom stereocenters. The lowest BCUT2D eigenvalue weighted by atomic mass is 9.96. The zero-order valence-electron chi connectivity index (χ0n) is 9.13. The fourth-order valence-electron chi connectivity index (χ4n) is 2.03. The van der Waals surface area contributed by atoms with Crippen LogP contribution in [0.5, 0.6) is 0 Å². The van der Waals surface area contributed by atoms with Crippen LogP contribution >= 0.6 is 22.9 Å². The van der Waals surface area contributed by atoms with E-state index in [2.05, 4.69) is 25.1 Å². The zero-order valence-corrected chi connectivity index (χ0v) is 10.7. The average molecular weight is 241 g/mol. The van der Waals surface area contributed by atoms with Crippen molar-refractivity contribution in [2.75, 3.05) is 0 Å². The number of halogens is 1. The Kier molecular flexibility index (Phi) is 3.87. The van der Waals surface area contributed by atoms with Crippen molar-refractivity contribution >= 4 is 22.9 Å². The van der Waals surface area contributed by atoms with Gasteiger partial charge in [0.05, 0.1) is 5.38 Å². The third kappa shape index (κ3) is 3.09. The molecule has 1 heterocycles. The van der Waals surface area contributed by atoms with Gasteiger partial charge in [0.2, 0.25) is 0 Å². The van der Waals surface area contributed by atoms with E-state index in [-0.39, 0.29) is 5.38 Å². The van der Waals surface area contributed by atoms with E-state index in [1.165, 1.54) is 28.2 Å². The molecule has 1 aliphatic carbocycles. The molecule has 1 atom stereocenters. The van der Waals surface area contributed by atoms with Gasteiger partial charge < -0.3 is 0 Å². The van der Waals surface area contributed by atoms with Crippen LogP contribution in [0, 0.1) is 0 Å². The molecule has 0 saturated heterocycles. The summed E-state index contributed by atoms with van der Waals surface area (Å²) in [7, 11) is 0. The van der Waals surface area contributed by atoms with Crippen LogP contribution in [-0.4, -0.2) is 5.38 Å². The first-order chi connectivity index (χ1) is 7.28. The van der Waals surface area contributed by atoms with Crippen LogP contribution in [0.2, 0.25) is 0 Å². The summed E-state index contributed by atoms with van der Waals surface area (Å²) < 4.78 is 0. The van der Waals surface area contributed by atoms with Crippen molar-refractivity contribution in [1.82, 2.24) is 0 Å². The number of thiophene rings is 1. The quantitative estimate of drug-likeness (QED) is 0.536. The van der Waals surface area contributed by atoms with E-state index in [0.29, 0.717) is 0 Å². The summed E-state index contributed by atoms with van der Waals surface area (Å²) in [5.74, 6) is 0. The first kappa shape index (κ1) is 11.2. The maximum absolute atomic E-state index is 6.14. The Labute approximate surface area is 101 Å². The van der Waals surface area contributed by atoms with E-state index < -0.39 is 0 Å². The lowest BCUT2D eigenvalue weighted by Crippen LogP contribution is -2.04. The minimum Gasteiger partial charge on any atom is -0.145 e. The smallest absolute Gasteiger partial charge is 0.0518 e. The Hall–Kier alpha value is -0.270. The Morgan fingerprint density at radius 2 is 2.20 bits per heavy atom. The minimum absolute atomic E-state index is 0.277. The van der Waals surface area contributed by atoms with Crippen LogP contribution in [-0.2, 0) is 12.8 Å². The van der Waals surface area contributed by atoms with Gasteiger partial charge in [0, 0.05) is 16.2 Å². The zero-order chi connectivity index (χ0) is 10.7. The lowest BCUT2D eigenvalue weighted by molar-refractivity contribution is 0.695. The van der Waals surface area contributed by atoms with Crippen molar-refractivity contribution in [3.63, 3.8) is 0 Å². The third-order valence-corrected chi connectivity index (χ3v) is 4.44. The van der Waals surface area contributed by atoms with Crippen LogP contribution in [0.3, 0.4) is 0 Å². The summed E-state index contributed by atoms with van der Waals surface area (Å²) in [5.41, 5.74) is 1.53. The van der Waals surface area contributed by atoms with Gasteiger partial charge in [-0.2, -0.15) is 0 Å². The van der Waals surface area contributed by atoms with Gasteiger partial charge >= 0.3 is 0 Å². The number of hydrogen-bond donors (Lipinski definition) is 0. The second-order valence-corrected chi connectivity index (χ2v) is 5.94. The lowest BCUT2D eigenvalue weighted by Gasteiger charge is -2.15. The minimum atomic E-state index is 0.277. The highest BCUT2D eigenvalue weighted by molar-refractivity contribution is 7.12. The molecular formula is C13H17ClS. The molecule has 82 valence electrons. The predicted molar refractivity (Wildman–Crippen MR) is 69.0 cm³/mol. The first-order valence-electron chi connectivity index (χ1n) is 5.69. The summed E-state index contributed by atoms with van der Waals surface area (Å²) in [5, 5.41) is 0.277. The number of hydrogen-bond acceptors (Lipinski definition) is 1.